The highest BCUT2D eigenvalue weighted by atomic mass is 16.6. The summed E-state index contributed by atoms with van der Waals surface area (Å²) in [5.74, 6) is 0.708. The molecule has 0 fully saturated rings. The molecule has 0 saturated heterocycles. The minimum absolute atomic E-state index is 0.139. The lowest BCUT2D eigenvalue weighted by Crippen LogP contribution is -2.23. The van der Waals surface area contributed by atoms with Crippen LogP contribution in [-0.4, -0.2) is 26.6 Å². The van der Waals surface area contributed by atoms with Gasteiger partial charge in [-0.25, -0.2) is 9.97 Å². The number of allylic oxidation sites excluding steroid dienone is 1. The Morgan fingerprint density at radius 3 is 2.38 bits per heavy atom. The number of carbonyl (C=O) groups is 1. The van der Waals surface area contributed by atoms with E-state index >= 15 is 0 Å². The number of aromatic nitrogens is 2. The summed E-state index contributed by atoms with van der Waals surface area (Å²) in [5.41, 5.74) is 1.38. The maximum atomic E-state index is 11.6. The number of aromatic hydroxyl groups is 1. The predicted molar refractivity (Wildman–Crippen MR) is 102 cm³/mol. The molecule has 26 heavy (non-hydrogen) atoms. The monoisotopic (exact) mass is 354 g/mol. The number of carbonyl (C=O) groups excluding carboxylic acids is 1. The van der Waals surface area contributed by atoms with Crippen molar-refractivity contribution in [2.24, 2.45) is 0 Å². The molecule has 0 atom stereocenters. The number of nitrogens with zero attached hydrogens (tertiary/aromatic N) is 2. The Balaban J connectivity index is 1.73. The maximum absolute atomic E-state index is 11.6. The summed E-state index contributed by atoms with van der Waals surface area (Å²) in [6.07, 6.45) is 10.7. The quantitative estimate of drug-likeness (QED) is 0.573. The molecule has 0 radical (unpaired) electrons. The second-order valence-corrected chi connectivity index (χ2v) is 7.12. The normalized spacial score (nSPS) is 11.7. The number of phenolic OH excluding ortho intramolecular Hbond substituents is 1. The van der Waals surface area contributed by atoms with Gasteiger partial charge in [-0.1, -0.05) is 12.2 Å². The number of hydrogen-bond acceptors (Lipinski definition) is 5. The number of esters is 1. The molecule has 0 unspecified atom stereocenters. The molecule has 2 rings (SSSR count). The smallest absolute Gasteiger partial charge is 0.306 e. The van der Waals surface area contributed by atoms with Gasteiger partial charge in [0.25, 0.3) is 0 Å². The largest absolute Gasteiger partial charge is 0.508 e. The van der Waals surface area contributed by atoms with Gasteiger partial charge in [0.1, 0.15) is 11.4 Å². The van der Waals surface area contributed by atoms with Crippen molar-refractivity contribution in [2.75, 3.05) is 0 Å². The van der Waals surface area contributed by atoms with Crippen molar-refractivity contribution in [3.05, 3.63) is 48.3 Å². The molecule has 5 nitrogen and oxygen atoms in total. The summed E-state index contributed by atoms with van der Waals surface area (Å²) < 4.78 is 5.28. The Kier molecular flexibility index (Phi) is 6.89. The number of phenols is 1. The van der Waals surface area contributed by atoms with Crippen LogP contribution in [0.2, 0.25) is 0 Å². The molecule has 0 aliphatic heterocycles. The maximum Gasteiger partial charge on any atom is 0.306 e. The van der Waals surface area contributed by atoms with Crippen molar-refractivity contribution in [1.29, 1.82) is 0 Å². The zero-order chi connectivity index (χ0) is 19.0. The third kappa shape index (κ3) is 7.05. The van der Waals surface area contributed by atoms with Gasteiger partial charge in [0.05, 0.1) is 0 Å². The van der Waals surface area contributed by atoms with E-state index in [0.717, 1.165) is 30.4 Å². The van der Waals surface area contributed by atoms with E-state index in [1.807, 2.05) is 26.8 Å². The van der Waals surface area contributed by atoms with Gasteiger partial charge in [0.2, 0.25) is 0 Å². The van der Waals surface area contributed by atoms with Crippen molar-refractivity contribution >= 4 is 12.0 Å². The summed E-state index contributed by atoms with van der Waals surface area (Å²) in [5, 5.41) is 9.31. The van der Waals surface area contributed by atoms with Crippen LogP contribution in [-0.2, 0) is 9.53 Å². The van der Waals surface area contributed by atoms with Crippen molar-refractivity contribution in [1.82, 2.24) is 9.97 Å². The van der Waals surface area contributed by atoms with Crippen molar-refractivity contribution in [2.45, 2.75) is 52.1 Å². The van der Waals surface area contributed by atoms with Gasteiger partial charge < -0.3 is 9.84 Å². The Morgan fingerprint density at radius 2 is 1.77 bits per heavy atom. The highest BCUT2D eigenvalue weighted by molar-refractivity contribution is 5.69. The third-order valence-corrected chi connectivity index (χ3v) is 3.53. The SMILES string of the molecule is CC(C)(C)OC(=O)CCCCC=Cc1cnc(-c2ccc(O)cc2)nc1. The molecule has 1 heterocycles. The molecular formula is C21H26N2O3. The lowest BCUT2D eigenvalue weighted by Gasteiger charge is -2.19. The first kappa shape index (κ1) is 19.6. The molecule has 1 aromatic carbocycles. The fraction of sp³-hybridized carbons (Fsp3) is 0.381. The van der Waals surface area contributed by atoms with Gasteiger partial charge in [0.15, 0.2) is 5.82 Å². The van der Waals surface area contributed by atoms with Crippen LogP contribution in [0.1, 0.15) is 52.0 Å². The highest BCUT2D eigenvalue weighted by Crippen LogP contribution is 2.18. The van der Waals surface area contributed by atoms with Crippen LogP contribution >= 0.6 is 0 Å². The van der Waals surface area contributed by atoms with Crippen LogP contribution in [0.15, 0.2) is 42.7 Å². The van der Waals surface area contributed by atoms with Gasteiger partial charge in [-0.2, -0.15) is 0 Å². The Labute approximate surface area is 154 Å². The predicted octanol–water partition coefficient (Wildman–Crippen LogP) is 4.76. The van der Waals surface area contributed by atoms with Crippen molar-refractivity contribution in [3.8, 4) is 17.1 Å². The van der Waals surface area contributed by atoms with Gasteiger partial charge in [-0.15, -0.1) is 0 Å². The molecule has 0 aliphatic rings. The third-order valence-electron chi connectivity index (χ3n) is 3.53. The van der Waals surface area contributed by atoms with E-state index in [9.17, 15) is 9.90 Å². The van der Waals surface area contributed by atoms with E-state index in [1.54, 1.807) is 36.7 Å². The summed E-state index contributed by atoms with van der Waals surface area (Å²) in [4.78, 5) is 20.3. The second-order valence-electron chi connectivity index (χ2n) is 7.12. The fourth-order valence-corrected chi connectivity index (χ4v) is 2.33. The van der Waals surface area contributed by atoms with Crippen LogP contribution in [0.3, 0.4) is 0 Å². The lowest BCUT2D eigenvalue weighted by atomic mass is 10.1. The molecule has 5 heteroatoms. The zero-order valence-corrected chi connectivity index (χ0v) is 15.6. The Hall–Kier alpha value is -2.69. The minimum Gasteiger partial charge on any atom is -0.508 e. The molecular weight excluding hydrogens is 328 g/mol. The summed E-state index contributed by atoms with van der Waals surface area (Å²) in [6.45, 7) is 5.63. The number of hydrogen-bond donors (Lipinski definition) is 1. The van der Waals surface area contributed by atoms with Gasteiger partial charge >= 0.3 is 5.97 Å². The first-order valence-corrected chi connectivity index (χ1v) is 8.83. The zero-order valence-electron chi connectivity index (χ0n) is 15.6. The average Bonchev–Trinajstić information content (AvgIpc) is 2.58. The number of benzene rings is 1. The molecule has 0 aliphatic carbocycles. The van der Waals surface area contributed by atoms with Gasteiger partial charge in [-0.3, -0.25) is 4.79 Å². The number of unbranched alkanes of at least 4 members (excludes halogenated alkanes) is 2. The standard InChI is InChI=1S/C21H26N2O3/c1-21(2,3)26-19(25)9-7-5-4-6-8-16-14-22-20(23-15-16)17-10-12-18(24)13-11-17/h6,8,10-15,24H,4-5,7,9H2,1-3H3. The fourth-order valence-electron chi connectivity index (χ4n) is 2.33. The lowest BCUT2D eigenvalue weighted by molar-refractivity contribution is -0.154. The average molecular weight is 354 g/mol. The van der Waals surface area contributed by atoms with E-state index < -0.39 is 5.60 Å². The van der Waals surface area contributed by atoms with Crippen LogP contribution < -0.4 is 0 Å². The van der Waals surface area contributed by atoms with Crippen LogP contribution in [0.25, 0.3) is 17.5 Å². The summed E-state index contributed by atoms with van der Waals surface area (Å²) in [7, 11) is 0. The Bertz CT molecular complexity index is 729. The number of rotatable bonds is 7. The first-order chi connectivity index (χ1) is 12.3. The van der Waals surface area contributed by atoms with E-state index in [-0.39, 0.29) is 11.7 Å². The van der Waals surface area contributed by atoms with E-state index in [0.29, 0.717) is 12.2 Å². The molecule has 0 saturated carbocycles. The van der Waals surface area contributed by atoms with Crippen molar-refractivity contribution in [3.63, 3.8) is 0 Å². The van der Waals surface area contributed by atoms with E-state index in [4.69, 9.17) is 4.74 Å². The molecule has 0 spiro atoms. The first-order valence-electron chi connectivity index (χ1n) is 8.83. The summed E-state index contributed by atoms with van der Waals surface area (Å²) in [6, 6.07) is 6.79. The Morgan fingerprint density at radius 1 is 1.12 bits per heavy atom. The van der Waals surface area contributed by atoms with E-state index in [2.05, 4.69) is 16.0 Å². The second kappa shape index (κ2) is 9.13. The highest BCUT2D eigenvalue weighted by Gasteiger charge is 2.15. The minimum atomic E-state index is -0.413. The summed E-state index contributed by atoms with van der Waals surface area (Å²) >= 11 is 0. The molecule has 0 amide bonds. The van der Waals surface area contributed by atoms with Crippen LogP contribution in [0.5, 0.6) is 5.75 Å². The number of ether oxygens (including phenoxy) is 1. The molecule has 2 aromatic rings. The van der Waals surface area contributed by atoms with Gasteiger partial charge in [0, 0.05) is 29.9 Å². The van der Waals surface area contributed by atoms with Crippen LogP contribution in [0, 0.1) is 0 Å². The molecule has 0 bridgehead atoms. The van der Waals surface area contributed by atoms with Crippen molar-refractivity contribution < 1.29 is 14.6 Å². The molecule has 1 aromatic heterocycles. The topological polar surface area (TPSA) is 72.3 Å². The van der Waals surface area contributed by atoms with E-state index in [1.165, 1.54) is 0 Å². The molecule has 1 N–H and O–H groups in total. The van der Waals surface area contributed by atoms with Gasteiger partial charge in [-0.05, 0) is 64.3 Å². The van der Waals surface area contributed by atoms with Crippen LogP contribution in [0.4, 0.5) is 0 Å². The molecule has 138 valence electrons.